The van der Waals surface area contributed by atoms with Crippen molar-refractivity contribution in [3.8, 4) is 17.2 Å². The number of hydrogen-bond acceptors (Lipinski definition) is 4. The molecule has 0 aromatic heterocycles. The third-order valence-corrected chi connectivity index (χ3v) is 3.11. The van der Waals surface area contributed by atoms with Crippen molar-refractivity contribution in [1.29, 1.82) is 0 Å². The minimum absolute atomic E-state index is 0.175. The van der Waals surface area contributed by atoms with Crippen molar-refractivity contribution < 1.29 is 23.8 Å². The number of aromatic hydroxyl groups is 1. The highest BCUT2D eigenvalue weighted by molar-refractivity contribution is 5.97. The van der Waals surface area contributed by atoms with Crippen LogP contribution in [0.2, 0.25) is 0 Å². The lowest BCUT2D eigenvalue weighted by Gasteiger charge is -2.08. The smallest absolute Gasteiger partial charge is 0.258 e. The fraction of sp³-hybridized carbons (Fsp3) is 0.133. The number of nitrogens with one attached hydrogen (secondary N) is 1. The summed E-state index contributed by atoms with van der Waals surface area (Å²) in [6, 6.07) is 8.97. The van der Waals surface area contributed by atoms with E-state index in [0.717, 1.165) is 11.6 Å². The predicted octanol–water partition coefficient (Wildman–Crippen LogP) is 2.19. The van der Waals surface area contributed by atoms with Crippen LogP contribution in [-0.2, 0) is 6.54 Å². The molecule has 21 heavy (non-hydrogen) atoms. The van der Waals surface area contributed by atoms with Crippen LogP contribution in [0.15, 0.2) is 36.4 Å². The van der Waals surface area contributed by atoms with Crippen LogP contribution in [0, 0.1) is 5.82 Å². The molecule has 0 bridgehead atoms. The minimum atomic E-state index is -0.766. The largest absolute Gasteiger partial charge is 0.507 e. The molecule has 6 heteroatoms. The zero-order valence-electron chi connectivity index (χ0n) is 10.9. The Balaban J connectivity index is 1.71. The Kier molecular flexibility index (Phi) is 3.35. The van der Waals surface area contributed by atoms with Gasteiger partial charge in [-0.3, -0.25) is 4.79 Å². The second kappa shape index (κ2) is 5.32. The van der Waals surface area contributed by atoms with Crippen molar-refractivity contribution in [2.45, 2.75) is 6.54 Å². The molecule has 1 aliphatic rings. The Morgan fingerprint density at radius 3 is 2.86 bits per heavy atom. The number of ether oxygens (including phenoxy) is 2. The number of amides is 1. The van der Waals surface area contributed by atoms with Gasteiger partial charge in [0.1, 0.15) is 17.1 Å². The molecule has 2 aromatic rings. The number of phenolic OH excluding ortho intramolecular Hbond substituents is 1. The maximum atomic E-state index is 13.5. The number of benzene rings is 2. The first-order chi connectivity index (χ1) is 10.1. The summed E-state index contributed by atoms with van der Waals surface area (Å²) >= 11 is 0. The SMILES string of the molecule is O=C(NCc1ccc2c(c1)OCO2)c1c(O)cccc1F. The minimum Gasteiger partial charge on any atom is -0.507 e. The molecule has 5 nitrogen and oxygen atoms in total. The molecule has 0 atom stereocenters. The summed E-state index contributed by atoms with van der Waals surface area (Å²) in [7, 11) is 0. The van der Waals surface area contributed by atoms with E-state index in [1.165, 1.54) is 12.1 Å². The average molecular weight is 289 g/mol. The summed E-state index contributed by atoms with van der Waals surface area (Å²) < 4.78 is 24.0. The maximum absolute atomic E-state index is 13.5. The standard InChI is InChI=1S/C15H12FNO4/c16-10-2-1-3-11(18)14(10)15(19)17-7-9-4-5-12-13(6-9)21-8-20-12/h1-6,18H,7-8H2,(H,17,19). The van der Waals surface area contributed by atoms with E-state index in [9.17, 15) is 14.3 Å². The van der Waals surface area contributed by atoms with Crippen molar-refractivity contribution in [3.63, 3.8) is 0 Å². The normalized spacial score (nSPS) is 12.2. The number of phenols is 1. The molecule has 108 valence electrons. The summed E-state index contributed by atoms with van der Waals surface area (Å²) in [5.41, 5.74) is 0.418. The lowest BCUT2D eigenvalue weighted by molar-refractivity contribution is 0.0944. The van der Waals surface area contributed by atoms with Gasteiger partial charge in [0.05, 0.1) is 0 Å². The van der Waals surface area contributed by atoms with Gasteiger partial charge in [-0.05, 0) is 29.8 Å². The van der Waals surface area contributed by atoms with Crippen LogP contribution in [0.4, 0.5) is 4.39 Å². The fourth-order valence-electron chi connectivity index (χ4n) is 2.06. The van der Waals surface area contributed by atoms with Crippen LogP contribution in [0.25, 0.3) is 0 Å². The van der Waals surface area contributed by atoms with E-state index < -0.39 is 17.5 Å². The Hall–Kier alpha value is -2.76. The first-order valence-electron chi connectivity index (χ1n) is 6.29. The third kappa shape index (κ3) is 2.60. The number of carbonyl (C=O) groups excluding carboxylic acids is 1. The molecule has 0 saturated heterocycles. The van der Waals surface area contributed by atoms with Gasteiger partial charge in [0.15, 0.2) is 11.5 Å². The lowest BCUT2D eigenvalue weighted by atomic mass is 10.1. The Morgan fingerprint density at radius 2 is 2.05 bits per heavy atom. The molecule has 1 heterocycles. The monoisotopic (exact) mass is 289 g/mol. The topological polar surface area (TPSA) is 67.8 Å². The van der Waals surface area contributed by atoms with Crippen LogP contribution < -0.4 is 14.8 Å². The first-order valence-corrected chi connectivity index (χ1v) is 6.29. The molecule has 0 saturated carbocycles. The van der Waals surface area contributed by atoms with Gasteiger partial charge in [0, 0.05) is 6.54 Å². The molecule has 0 fully saturated rings. The molecule has 3 rings (SSSR count). The van der Waals surface area contributed by atoms with Gasteiger partial charge in [0.25, 0.3) is 5.91 Å². The highest BCUT2D eigenvalue weighted by Crippen LogP contribution is 2.32. The van der Waals surface area contributed by atoms with Gasteiger partial charge in [-0.2, -0.15) is 0 Å². The zero-order chi connectivity index (χ0) is 14.8. The van der Waals surface area contributed by atoms with Crippen LogP contribution in [0.5, 0.6) is 17.2 Å². The van der Waals surface area contributed by atoms with Gasteiger partial charge < -0.3 is 19.9 Å². The molecular formula is C15H12FNO4. The van der Waals surface area contributed by atoms with Gasteiger partial charge in [-0.1, -0.05) is 12.1 Å². The van der Waals surface area contributed by atoms with Crippen LogP contribution in [0.1, 0.15) is 15.9 Å². The highest BCUT2D eigenvalue weighted by atomic mass is 19.1. The van der Waals surface area contributed by atoms with E-state index in [1.54, 1.807) is 18.2 Å². The van der Waals surface area contributed by atoms with Crippen LogP contribution in [-0.4, -0.2) is 17.8 Å². The van der Waals surface area contributed by atoms with Gasteiger partial charge >= 0.3 is 0 Å². The average Bonchev–Trinajstić information content (AvgIpc) is 2.92. The molecule has 0 aliphatic carbocycles. The fourth-order valence-corrected chi connectivity index (χ4v) is 2.06. The maximum Gasteiger partial charge on any atom is 0.258 e. The van der Waals surface area contributed by atoms with Crippen LogP contribution in [0.3, 0.4) is 0 Å². The summed E-state index contributed by atoms with van der Waals surface area (Å²) in [4.78, 5) is 11.9. The number of hydrogen-bond donors (Lipinski definition) is 2. The van der Waals surface area contributed by atoms with E-state index in [4.69, 9.17) is 9.47 Å². The van der Waals surface area contributed by atoms with E-state index in [1.807, 2.05) is 0 Å². The summed E-state index contributed by atoms with van der Waals surface area (Å²) in [5, 5.41) is 12.1. The molecule has 2 aromatic carbocycles. The van der Waals surface area contributed by atoms with Crippen molar-refractivity contribution >= 4 is 5.91 Å². The Bertz CT molecular complexity index is 682. The molecule has 0 radical (unpaired) electrons. The van der Waals surface area contributed by atoms with Gasteiger partial charge in [-0.15, -0.1) is 0 Å². The van der Waals surface area contributed by atoms with Crippen molar-refractivity contribution in [1.82, 2.24) is 5.32 Å². The predicted molar refractivity (Wildman–Crippen MR) is 71.8 cm³/mol. The quantitative estimate of drug-likeness (QED) is 0.909. The molecule has 1 amide bonds. The third-order valence-electron chi connectivity index (χ3n) is 3.11. The van der Waals surface area contributed by atoms with Gasteiger partial charge in [-0.25, -0.2) is 4.39 Å². The van der Waals surface area contributed by atoms with Crippen LogP contribution >= 0.6 is 0 Å². The van der Waals surface area contributed by atoms with Crippen molar-refractivity contribution in [3.05, 3.63) is 53.3 Å². The molecule has 0 spiro atoms. The Labute approximate surface area is 119 Å². The molecule has 0 unspecified atom stereocenters. The number of rotatable bonds is 3. The van der Waals surface area contributed by atoms with Crippen molar-refractivity contribution in [2.24, 2.45) is 0 Å². The number of halogens is 1. The molecule has 1 aliphatic heterocycles. The number of fused-ring (bicyclic) bond motifs is 1. The summed E-state index contributed by atoms with van der Waals surface area (Å²) in [5.74, 6) is -0.577. The Morgan fingerprint density at radius 1 is 1.24 bits per heavy atom. The van der Waals surface area contributed by atoms with Crippen molar-refractivity contribution in [2.75, 3.05) is 6.79 Å². The first kappa shape index (κ1) is 13.2. The second-order valence-electron chi connectivity index (χ2n) is 4.50. The van der Waals surface area contributed by atoms with Gasteiger partial charge in [0.2, 0.25) is 6.79 Å². The van der Waals surface area contributed by atoms with E-state index >= 15 is 0 Å². The number of carbonyl (C=O) groups is 1. The molecular weight excluding hydrogens is 277 g/mol. The van der Waals surface area contributed by atoms with E-state index in [0.29, 0.717) is 11.5 Å². The second-order valence-corrected chi connectivity index (χ2v) is 4.50. The van der Waals surface area contributed by atoms with E-state index in [2.05, 4.69) is 5.32 Å². The summed E-state index contributed by atoms with van der Waals surface area (Å²) in [6.07, 6.45) is 0. The molecule has 2 N–H and O–H groups in total. The lowest BCUT2D eigenvalue weighted by Crippen LogP contribution is -2.23. The zero-order valence-corrected chi connectivity index (χ0v) is 10.9. The summed E-state index contributed by atoms with van der Waals surface area (Å²) in [6.45, 7) is 0.359. The highest BCUT2D eigenvalue weighted by Gasteiger charge is 2.17. The van der Waals surface area contributed by atoms with E-state index in [-0.39, 0.29) is 18.9 Å².